The number of amides is 1. The van der Waals surface area contributed by atoms with Crippen molar-refractivity contribution in [1.82, 2.24) is 19.9 Å². The van der Waals surface area contributed by atoms with Crippen molar-refractivity contribution in [3.8, 4) is 11.8 Å². The van der Waals surface area contributed by atoms with E-state index >= 15 is 0 Å². The molecule has 0 bridgehead atoms. The Morgan fingerprint density at radius 2 is 1.97 bits per heavy atom. The summed E-state index contributed by atoms with van der Waals surface area (Å²) in [6.07, 6.45) is 2.58. The molecular weight excluding hydrogens is 374 g/mol. The molecule has 1 fully saturated rings. The van der Waals surface area contributed by atoms with Crippen molar-refractivity contribution in [1.29, 1.82) is 0 Å². The van der Waals surface area contributed by atoms with Crippen LogP contribution in [0.5, 0.6) is 11.8 Å². The number of hydrogen-bond donors (Lipinski definition) is 1. The number of nitrogens with two attached hydrogens (primary N) is 1. The molecule has 2 N–H and O–H groups in total. The second-order valence-electron chi connectivity index (χ2n) is 7.19. The first-order valence-electron chi connectivity index (χ1n) is 9.75. The van der Waals surface area contributed by atoms with Crippen LogP contribution in [0.2, 0.25) is 0 Å². The second-order valence-corrected chi connectivity index (χ2v) is 7.19. The molecule has 1 saturated heterocycles. The average Bonchev–Trinajstić information content (AvgIpc) is 2.70. The van der Waals surface area contributed by atoms with E-state index in [2.05, 4.69) is 15.0 Å². The average molecular weight is 402 g/mol. The number of ether oxygens (including phenoxy) is 3. The first kappa shape index (κ1) is 20.8. The third kappa shape index (κ3) is 5.77. The fraction of sp³-hybridized carbons (Fsp3) is 0.500. The van der Waals surface area contributed by atoms with E-state index in [0.29, 0.717) is 24.8 Å². The normalized spacial score (nSPS) is 14.7. The summed E-state index contributed by atoms with van der Waals surface area (Å²) in [6.45, 7) is 6.83. The maximum absolute atomic E-state index is 12.0. The van der Waals surface area contributed by atoms with Crippen molar-refractivity contribution in [3.05, 3.63) is 30.2 Å². The maximum atomic E-state index is 12.0. The van der Waals surface area contributed by atoms with Crippen molar-refractivity contribution < 1.29 is 24.3 Å². The first-order chi connectivity index (χ1) is 13.9. The lowest BCUT2D eigenvalue weighted by atomic mass is 10.1. The van der Waals surface area contributed by atoms with E-state index in [1.54, 1.807) is 12.0 Å². The molecule has 9 heteroatoms. The smallest absolute Gasteiger partial charge is 0.410 e. The van der Waals surface area contributed by atoms with Gasteiger partial charge in [0.1, 0.15) is 18.1 Å². The van der Waals surface area contributed by atoms with Crippen molar-refractivity contribution in [2.45, 2.75) is 45.8 Å². The van der Waals surface area contributed by atoms with Gasteiger partial charge in [-0.25, -0.2) is 14.8 Å². The molecule has 2 aromatic heterocycles. The van der Waals surface area contributed by atoms with Crippen LogP contribution in [0.4, 0.5) is 16.3 Å². The molecular formula is C20H28N5O4+. The van der Waals surface area contributed by atoms with E-state index in [-0.39, 0.29) is 18.3 Å². The van der Waals surface area contributed by atoms with Gasteiger partial charge in [-0.15, -0.1) is 0 Å². The maximum Gasteiger partial charge on any atom is 0.410 e. The van der Waals surface area contributed by atoms with Crippen LogP contribution in [0.3, 0.4) is 0 Å². The summed E-state index contributed by atoms with van der Waals surface area (Å²) in [5, 5.41) is 1.93. The van der Waals surface area contributed by atoms with Gasteiger partial charge in [-0.1, -0.05) is 0 Å². The Balaban J connectivity index is 1.56. The topological polar surface area (TPSA) is 103 Å². The lowest BCUT2D eigenvalue weighted by molar-refractivity contribution is -0.483. The fourth-order valence-corrected chi connectivity index (χ4v) is 3.07. The van der Waals surface area contributed by atoms with Crippen LogP contribution in [0.1, 0.15) is 32.4 Å². The summed E-state index contributed by atoms with van der Waals surface area (Å²) in [5.74, 6) is 1.84. The molecule has 0 saturated carbocycles. The zero-order chi connectivity index (χ0) is 20.8. The number of nitrogens with zero attached hydrogens (tertiary/aromatic N) is 4. The van der Waals surface area contributed by atoms with E-state index in [9.17, 15) is 4.79 Å². The number of pyridine rings is 1. The summed E-state index contributed by atoms with van der Waals surface area (Å²) < 4.78 is 16.4. The summed E-state index contributed by atoms with van der Waals surface area (Å²) in [6, 6.07) is 5.56. The zero-order valence-corrected chi connectivity index (χ0v) is 17.3. The quantitative estimate of drug-likeness (QED) is 0.789. The van der Waals surface area contributed by atoms with E-state index < -0.39 is 0 Å². The van der Waals surface area contributed by atoms with Crippen molar-refractivity contribution in [2.24, 2.45) is 0 Å². The predicted molar refractivity (Wildman–Crippen MR) is 106 cm³/mol. The number of quaternary nitrogens is 1. The molecule has 0 spiro atoms. The molecule has 9 nitrogen and oxygen atoms in total. The predicted octanol–water partition coefficient (Wildman–Crippen LogP) is 2.10. The van der Waals surface area contributed by atoms with Gasteiger partial charge in [-0.3, -0.25) is 5.32 Å². The molecule has 0 radical (unpaired) electrons. The second kappa shape index (κ2) is 9.51. The highest BCUT2D eigenvalue weighted by molar-refractivity contribution is 5.67. The first-order valence-corrected chi connectivity index (χ1v) is 9.75. The van der Waals surface area contributed by atoms with Crippen LogP contribution in [0.25, 0.3) is 0 Å². The Bertz CT molecular complexity index is 837. The lowest BCUT2D eigenvalue weighted by Gasteiger charge is -2.31. The Morgan fingerprint density at radius 3 is 2.62 bits per heavy atom. The van der Waals surface area contributed by atoms with Gasteiger partial charge in [0.25, 0.3) is 0 Å². The molecule has 3 heterocycles. The summed E-state index contributed by atoms with van der Waals surface area (Å²) >= 11 is 0. The Kier molecular flexibility index (Phi) is 6.82. The van der Waals surface area contributed by atoms with Crippen LogP contribution in [-0.2, 0) is 4.74 Å². The molecule has 0 aliphatic carbocycles. The highest BCUT2D eigenvalue weighted by Crippen LogP contribution is 2.19. The van der Waals surface area contributed by atoms with Gasteiger partial charge < -0.3 is 19.1 Å². The van der Waals surface area contributed by atoms with Gasteiger partial charge in [0.05, 0.1) is 19.3 Å². The summed E-state index contributed by atoms with van der Waals surface area (Å²) in [5.41, 5.74) is 1.80. The minimum absolute atomic E-state index is 0.00485. The molecule has 1 aliphatic heterocycles. The zero-order valence-electron chi connectivity index (χ0n) is 17.3. The van der Waals surface area contributed by atoms with Crippen LogP contribution in [0, 0.1) is 6.92 Å². The number of carbonyl (C=O) groups excluding carboxylic acids is 1. The number of aromatic nitrogens is 3. The largest absolute Gasteiger partial charge is 0.481 e. The number of piperidine rings is 1. The third-order valence-electron chi connectivity index (χ3n) is 4.60. The van der Waals surface area contributed by atoms with Crippen molar-refractivity contribution in [2.75, 3.05) is 20.2 Å². The molecule has 2 aromatic rings. The number of methoxy groups -OCH3 is 1. The van der Waals surface area contributed by atoms with Gasteiger partial charge in [0, 0.05) is 38.1 Å². The van der Waals surface area contributed by atoms with Gasteiger partial charge in [-0.2, -0.15) is 4.98 Å². The molecule has 156 valence electrons. The molecule has 3 rings (SSSR count). The standard InChI is InChI=1S/C20H27N5O4/c1-13(2)28-20(26)25-9-7-15(8-10-25)29-19-11-17(21-12-22-19)24-16-5-6-18(27-4)23-14(16)3/h5-6,11-13,15H,7-10H2,1-4H3,(H,21,22,24)/p+1. The van der Waals surface area contributed by atoms with Crippen LogP contribution >= 0.6 is 0 Å². The monoisotopic (exact) mass is 402 g/mol. The lowest BCUT2D eigenvalue weighted by Crippen LogP contribution is -2.72. The number of hydrogen-bond acceptors (Lipinski definition) is 7. The van der Waals surface area contributed by atoms with Crippen LogP contribution in [-0.4, -0.2) is 58.4 Å². The summed E-state index contributed by atoms with van der Waals surface area (Å²) in [7, 11) is 1.59. The van der Waals surface area contributed by atoms with Gasteiger partial charge in [0.15, 0.2) is 5.69 Å². The molecule has 0 aromatic carbocycles. The fourth-order valence-electron chi connectivity index (χ4n) is 3.07. The van der Waals surface area contributed by atoms with Gasteiger partial charge in [-0.05, 0) is 20.8 Å². The van der Waals surface area contributed by atoms with E-state index in [0.717, 1.165) is 30.0 Å². The Hall–Kier alpha value is -2.94. The molecule has 29 heavy (non-hydrogen) atoms. The third-order valence-corrected chi connectivity index (χ3v) is 4.60. The van der Waals surface area contributed by atoms with Gasteiger partial charge in [0.2, 0.25) is 17.6 Å². The van der Waals surface area contributed by atoms with Crippen molar-refractivity contribution >= 4 is 17.6 Å². The molecule has 0 unspecified atom stereocenters. The molecule has 1 amide bonds. The number of aryl methyl sites for hydroxylation is 1. The summed E-state index contributed by atoms with van der Waals surface area (Å²) in [4.78, 5) is 26.6. The Morgan fingerprint density at radius 1 is 1.21 bits per heavy atom. The van der Waals surface area contributed by atoms with E-state index in [1.165, 1.54) is 6.33 Å². The molecule has 1 aliphatic rings. The number of carbonyl (C=O) groups is 1. The van der Waals surface area contributed by atoms with E-state index in [4.69, 9.17) is 14.2 Å². The van der Waals surface area contributed by atoms with Crippen LogP contribution < -0.4 is 14.8 Å². The minimum Gasteiger partial charge on any atom is -0.481 e. The Labute approximate surface area is 170 Å². The minimum atomic E-state index is -0.263. The number of likely N-dealkylation sites (tertiary alicyclic amines) is 1. The molecule has 0 atom stereocenters. The van der Waals surface area contributed by atoms with Gasteiger partial charge >= 0.3 is 6.09 Å². The highest BCUT2D eigenvalue weighted by Gasteiger charge is 2.26. The van der Waals surface area contributed by atoms with E-state index in [1.807, 2.05) is 44.3 Å². The van der Waals surface area contributed by atoms with Crippen LogP contribution in [0.15, 0.2) is 24.5 Å². The number of rotatable bonds is 6. The SMILES string of the molecule is COc1ccc([NH2+]c2cc(OC3CCN(C(=O)OC(C)C)CC3)ncn2)c(C)n1. The highest BCUT2D eigenvalue weighted by atomic mass is 16.6. The van der Waals surface area contributed by atoms with Crippen molar-refractivity contribution in [3.63, 3.8) is 0 Å².